The number of carbonyl (C=O) groups excluding carboxylic acids is 1. The summed E-state index contributed by atoms with van der Waals surface area (Å²) in [6.07, 6.45) is 2.10. The molecule has 6 nitrogen and oxygen atoms in total. The number of benzene rings is 1. The molecule has 19 heavy (non-hydrogen) atoms. The highest BCUT2D eigenvalue weighted by atomic mass is 79.9. The minimum Gasteiger partial charge on any atom is -0.478 e. The SMILES string of the molecule is CC(Br)C(=O)c1cc([N+](=O)[O-])ccc1C=CC(=O)O. The molecule has 0 radical (unpaired) electrons. The van der Waals surface area contributed by atoms with Crippen molar-refractivity contribution in [3.05, 3.63) is 45.5 Å². The van der Waals surface area contributed by atoms with E-state index in [2.05, 4.69) is 15.9 Å². The predicted molar refractivity (Wildman–Crippen MR) is 72.5 cm³/mol. The maximum absolute atomic E-state index is 11.9. The van der Waals surface area contributed by atoms with Crippen molar-refractivity contribution < 1.29 is 19.6 Å². The number of aliphatic carboxylic acids is 1. The average molecular weight is 328 g/mol. The fraction of sp³-hybridized carbons (Fsp3) is 0.167. The van der Waals surface area contributed by atoms with Crippen molar-refractivity contribution in [2.45, 2.75) is 11.8 Å². The van der Waals surface area contributed by atoms with Gasteiger partial charge in [-0.1, -0.05) is 15.9 Å². The second-order valence-electron chi connectivity index (χ2n) is 3.68. The van der Waals surface area contributed by atoms with Crippen LogP contribution >= 0.6 is 15.9 Å². The van der Waals surface area contributed by atoms with Crippen LogP contribution < -0.4 is 0 Å². The largest absolute Gasteiger partial charge is 0.478 e. The quantitative estimate of drug-likeness (QED) is 0.295. The smallest absolute Gasteiger partial charge is 0.328 e. The lowest BCUT2D eigenvalue weighted by Crippen LogP contribution is -2.12. The van der Waals surface area contributed by atoms with Gasteiger partial charge in [0.2, 0.25) is 0 Å². The van der Waals surface area contributed by atoms with Crippen LogP contribution in [0.2, 0.25) is 0 Å². The first-order valence-corrected chi connectivity index (χ1v) is 6.12. The third kappa shape index (κ3) is 3.99. The lowest BCUT2D eigenvalue weighted by atomic mass is 10.0. The molecule has 100 valence electrons. The standard InChI is InChI=1S/C12H10BrNO5/c1-7(13)12(17)10-6-9(14(18)19)4-2-8(10)3-5-11(15)16/h2-7H,1H3,(H,15,16). The van der Waals surface area contributed by atoms with E-state index in [4.69, 9.17) is 5.11 Å². The Balaban J connectivity index is 3.34. The Labute approximate surface area is 117 Å². The second-order valence-corrected chi connectivity index (χ2v) is 5.05. The van der Waals surface area contributed by atoms with Crippen molar-refractivity contribution in [3.8, 4) is 0 Å². The van der Waals surface area contributed by atoms with Crippen LogP contribution in [0.5, 0.6) is 0 Å². The number of nitro benzene ring substituents is 1. The maximum atomic E-state index is 11.9. The summed E-state index contributed by atoms with van der Waals surface area (Å²) < 4.78 is 0. The third-order valence-corrected chi connectivity index (χ3v) is 2.70. The van der Waals surface area contributed by atoms with Crippen LogP contribution in [-0.4, -0.2) is 26.6 Å². The van der Waals surface area contributed by atoms with Crippen LogP contribution in [0.4, 0.5) is 5.69 Å². The van der Waals surface area contributed by atoms with Gasteiger partial charge in [0.25, 0.3) is 5.69 Å². The number of carbonyl (C=O) groups is 2. The molecule has 0 fully saturated rings. The van der Waals surface area contributed by atoms with E-state index in [0.717, 1.165) is 12.1 Å². The van der Waals surface area contributed by atoms with Crippen LogP contribution in [-0.2, 0) is 4.79 Å². The highest BCUT2D eigenvalue weighted by molar-refractivity contribution is 9.10. The Morgan fingerprint density at radius 3 is 2.58 bits per heavy atom. The highest BCUT2D eigenvalue weighted by Crippen LogP contribution is 2.22. The van der Waals surface area contributed by atoms with Gasteiger partial charge in [-0.15, -0.1) is 0 Å². The fourth-order valence-electron chi connectivity index (χ4n) is 1.39. The number of hydrogen-bond donors (Lipinski definition) is 1. The molecule has 1 aromatic carbocycles. The molecule has 0 aliphatic heterocycles. The summed E-state index contributed by atoms with van der Waals surface area (Å²) in [5.74, 6) is -1.52. The van der Waals surface area contributed by atoms with Crippen LogP contribution in [0.25, 0.3) is 6.08 Å². The van der Waals surface area contributed by atoms with Gasteiger partial charge >= 0.3 is 5.97 Å². The van der Waals surface area contributed by atoms with E-state index in [-0.39, 0.29) is 17.0 Å². The molecule has 0 aliphatic carbocycles. The van der Waals surface area contributed by atoms with Gasteiger partial charge < -0.3 is 5.11 Å². The predicted octanol–water partition coefficient (Wildman–Crippen LogP) is 2.66. The van der Waals surface area contributed by atoms with E-state index in [0.29, 0.717) is 5.56 Å². The van der Waals surface area contributed by atoms with Gasteiger partial charge in [-0.05, 0) is 24.6 Å². The van der Waals surface area contributed by atoms with Gasteiger partial charge in [-0.2, -0.15) is 0 Å². The fourth-order valence-corrected chi connectivity index (χ4v) is 1.64. The molecule has 0 saturated heterocycles. The minimum atomic E-state index is -1.16. The van der Waals surface area contributed by atoms with Crippen LogP contribution in [0, 0.1) is 10.1 Å². The molecule has 1 atom stereocenters. The van der Waals surface area contributed by atoms with Crippen molar-refractivity contribution in [2.24, 2.45) is 0 Å². The van der Waals surface area contributed by atoms with Crippen molar-refractivity contribution >= 4 is 39.4 Å². The van der Waals surface area contributed by atoms with E-state index in [1.165, 1.54) is 18.2 Å². The minimum absolute atomic E-state index is 0.107. The summed E-state index contributed by atoms with van der Waals surface area (Å²) in [6.45, 7) is 1.59. The summed E-state index contributed by atoms with van der Waals surface area (Å²) in [5, 5.41) is 19.3. The van der Waals surface area contributed by atoms with E-state index in [9.17, 15) is 19.7 Å². The van der Waals surface area contributed by atoms with Crippen molar-refractivity contribution in [1.29, 1.82) is 0 Å². The molecule has 0 saturated carbocycles. The molecule has 1 aromatic rings. The zero-order valence-corrected chi connectivity index (χ0v) is 11.5. The number of carboxylic acid groups (broad SMARTS) is 1. The Morgan fingerprint density at radius 1 is 1.47 bits per heavy atom. The number of alkyl halides is 1. The highest BCUT2D eigenvalue weighted by Gasteiger charge is 2.18. The number of rotatable bonds is 5. The summed E-state index contributed by atoms with van der Waals surface area (Å²) >= 11 is 3.09. The van der Waals surface area contributed by atoms with Gasteiger partial charge in [0.1, 0.15) is 0 Å². The van der Waals surface area contributed by atoms with Crippen molar-refractivity contribution in [2.75, 3.05) is 0 Å². The number of carboxylic acids is 1. The Kier molecular flexibility index (Phi) is 4.94. The summed E-state index contributed by atoms with van der Waals surface area (Å²) in [5.41, 5.74) is 0.212. The van der Waals surface area contributed by atoms with E-state index in [1.807, 2.05) is 0 Å². The number of Topliss-reactive ketones (excluding diaryl/α,β-unsaturated/α-hetero) is 1. The first kappa shape index (κ1) is 15.0. The normalized spacial score (nSPS) is 12.3. The van der Waals surface area contributed by atoms with Crippen molar-refractivity contribution in [1.82, 2.24) is 0 Å². The lowest BCUT2D eigenvalue weighted by Gasteiger charge is -2.06. The van der Waals surface area contributed by atoms with Gasteiger partial charge in [0.05, 0.1) is 9.75 Å². The molecule has 1 rings (SSSR count). The number of hydrogen-bond acceptors (Lipinski definition) is 4. The zero-order chi connectivity index (χ0) is 14.6. The molecule has 0 heterocycles. The van der Waals surface area contributed by atoms with Crippen LogP contribution in [0.15, 0.2) is 24.3 Å². The molecule has 0 aliphatic rings. The van der Waals surface area contributed by atoms with Crippen LogP contribution in [0.1, 0.15) is 22.8 Å². The summed E-state index contributed by atoms with van der Waals surface area (Å²) in [6, 6.07) is 3.71. The zero-order valence-electron chi connectivity index (χ0n) is 9.87. The van der Waals surface area contributed by atoms with E-state index in [1.54, 1.807) is 6.92 Å². The monoisotopic (exact) mass is 327 g/mol. The molecule has 0 bridgehead atoms. The Morgan fingerprint density at radius 2 is 2.11 bits per heavy atom. The van der Waals surface area contributed by atoms with Crippen molar-refractivity contribution in [3.63, 3.8) is 0 Å². The molecular formula is C12H10BrNO5. The van der Waals surface area contributed by atoms with Gasteiger partial charge in [-0.3, -0.25) is 14.9 Å². The average Bonchev–Trinajstić information content (AvgIpc) is 2.34. The van der Waals surface area contributed by atoms with E-state index >= 15 is 0 Å². The molecule has 0 amide bonds. The number of nitro groups is 1. The van der Waals surface area contributed by atoms with Gasteiger partial charge in [0.15, 0.2) is 5.78 Å². The third-order valence-electron chi connectivity index (χ3n) is 2.28. The maximum Gasteiger partial charge on any atom is 0.328 e. The first-order chi connectivity index (χ1) is 8.82. The summed E-state index contributed by atoms with van der Waals surface area (Å²) in [4.78, 5) is 32.0. The molecular weight excluding hydrogens is 318 g/mol. The number of non-ortho nitro benzene ring substituents is 1. The second kappa shape index (κ2) is 6.24. The molecule has 0 spiro atoms. The topological polar surface area (TPSA) is 97.5 Å². The Bertz CT molecular complexity index is 565. The van der Waals surface area contributed by atoms with Gasteiger partial charge in [0, 0.05) is 23.8 Å². The van der Waals surface area contributed by atoms with Crippen LogP contribution in [0.3, 0.4) is 0 Å². The molecule has 0 aromatic heterocycles. The Hall–Kier alpha value is -2.02. The summed E-state index contributed by atoms with van der Waals surface area (Å²) in [7, 11) is 0. The molecule has 1 N–H and O–H groups in total. The first-order valence-electron chi connectivity index (χ1n) is 5.20. The lowest BCUT2D eigenvalue weighted by molar-refractivity contribution is -0.384. The molecule has 7 heteroatoms. The number of nitrogens with zero attached hydrogens (tertiary/aromatic N) is 1. The molecule has 1 unspecified atom stereocenters. The number of ketones is 1. The number of halogens is 1. The van der Waals surface area contributed by atoms with Gasteiger partial charge in [-0.25, -0.2) is 4.79 Å². The van der Waals surface area contributed by atoms with E-state index < -0.39 is 15.7 Å².